The third-order valence-corrected chi connectivity index (χ3v) is 7.33. The van der Waals surface area contributed by atoms with Crippen LogP contribution in [0.25, 0.3) is 42.3 Å². The Morgan fingerprint density at radius 2 is 1.42 bits per heavy atom. The number of furan rings is 1. The Hall–Kier alpha value is -1.62. The normalized spacial score (nSPS) is 11.8. The van der Waals surface area contributed by atoms with Crippen LogP contribution in [0.15, 0.2) is 74.2 Å². The number of hydrogen-bond donors (Lipinski definition) is 0. The Kier molecular flexibility index (Phi) is 3.34. The summed E-state index contributed by atoms with van der Waals surface area (Å²) in [6.45, 7) is 0. The smallest absolute Gasteiger partial charge is 0.184 e. The highest BCUT2D eigenvalue weighted by atomic mass is 79.9. The molecule has 2 aromatic heterocycles. The maximum atomic E-state index is 5.68. The zero-order chi connectivity index (χ0) is 16.3. The minimum atomic E-state index is 0.730. The molecule has 0 radical (unpaired) electrons. The van der Waals surface area contributed by atoms with Crippen LogP contribution in [0.4, 0.5) is 0 Å². The summed E-state index contributed by atoms with van der Waals surface area (Å²) in [7, 11) is 0. The largest absolute Gasteiger partial charge is 0.448 e. The molecule has 0 bridgehead atoms. The first-order valence-electron chi connectivity index (χ1n) is 7.50. The molecule has 0 aliphatic heterocycles. The van der Waals surface area contributed by atoms with Gasteiger partial charge in [-0.05, 0) is 73.3 Å². The Bertz CT molecular complexity index is 1230. The molecule has 0 atom stereocenters. The number of thiophene rings is 1. The molecule has 0 fully saturated rings. The van der Waals surface area contributed by atoms with Crippen LogP contribution < -0.4 is 0 Å². The molecule has 0 saturated heterocycles. The molecule has 3 aromatic carbocycles. The van der Waals surface area contributed by atoms with Gasteiger partial charge in [0.15, 0.2) is 4.67 Å². The first-order valence-corrected chi connectivity index (χ1v) is 9.90. The summed E-state index contributed by atoms with van der Waals surface area (Å²) >= 11 is 8.86. The highest BCUT2D eigenvalue weighted by molar-refractivity contribution is 9.13. The van der Waals surface area contributed by atoms with Gasteiger partial charge in [-0.25, -0.2) is 0 Å². The Labute approximate surface area is 159 Å². The van der Waals surface area contributed by atoms with Crippen LogP contribution in [-0.2, 0) is 0 Å². The van der Waals surface area contributed by atoms with Gasteiger partial charge in [0.1, 0.15) is 5.58 Å². The molecule has 1 nitrogen and oxygen atoms in total. The van der Waals surface area contributed by atoms with Crippen molar-refractivity contribution in [3.63, 3.8) is 0 Å². The molecule has 0 aliphatic rings. The van der Waals surface area contributed by atoms with Crippen molar-refractivity contribution < 1.29 is 4.42 Å². The van der Waals surface area contributed by atoms with Gasteiger partial charge in [0, 0.05) is 25.6 Å². The lowest BCUT2D eigenvalue weighted by molar-refractivity contribution is 0.585. The minimum absolute atomic E-state index is 0.730. The van der Waals surface area contributed by atoms with Gasteiger partial charge in [-0.1, -0.05) is 30.3 Å². The van der Waals surface area contributed by atoms with Crippen molar-refractivity contribution >= 4 is 74.3 Å². The van der Waals surface area contributed by atoms with E-state index in [2.05, 4.69) is 86.5 Å². The fourth-order valence-corrected chi connectivity index (χ4v) is 4.99. The van der Waals surface area contributed by atoms with E-state index in [1.807, 2.05) is 17.4 Å². The van der Waals surface area contributed by atoms with Gasteiger partial charge in [-0.2, -0.15) is 0 Å². The monoisotopic (exact) mass is 456 g/mol. The number of hydrogen-bond acceptors (Lipinski definition) is 2. The zero-order valence-electron chi connectivity index (χ0n) is 12.3. The van der Waals surface area contributed by atoms with Crippen molar-refractivity contribution in [3.8, 4) is 11.1 Å². The molecule has 24 heavy (non-hydrogen) atoms. The summed E-state index contributed by atoms with van der Waals surface area (Å²) in [5.41, 5.74) is 3.28. The molecular formula is C20H10Br2OS. The van der Waals surface area contributed by atoms with Gasteiger partial charge in [0.05, 0.1) is 4.47 Å². The molecule has 0 amide bonds. The van der Waals surface area contributed by atoms with E-state index in [4.69, 9.17) is 4.42 Å². The minimum Gasteiger partial charge on any atom is -0.448 e. The quantitative estimate of drug-likeness (QED) is 0.248. The second-order valence-electron chi connectivity index (χ2n) is 5.71. The molecule has 5 rings (SSSR count). The summed E-state index contributed by atoms with van der Waals surface area (Å²) in [4.78, 5) is 0. The summed E-state index contributed by atoms with van der Waals surface area (Å²) in [5.74, 6) is 0. The lowest BCUT2D eigenvalue weighted by Crippen LogP contribution is -1.78. The van der Waals surface area contributed by atoms with Crippen LogP contribution in [0.3, 0.4) is 0 Å². The highest BCUT2D eigenvalue weighted by Crippen LogP contribution is 2.39. The summed E-state index contributed by atoms with van der Waals surface area (Å²) in [5, 5.41) is 3.72. The van der Waals surface area contributed by atoms with Gasteiger partial charge in [-0.3, -0.25) is 0 Å². The Morgan fingerprint density at radius 3 is 2.29 bits per heavy atom. The van der Waals surface area contributed by atoms with E-state index >= 15 is 0 Å². The van der Waals surface area contributed by atoms with E-state index in [9.17, 15) is 0 Å². The Balaban J connectivity index is 1.76. The van der Waals surface area contributed by atoms with Crippen molar-refractivity contribution in [1.29, 1.82) is 0 Å². The summed E-state index contributed by atoms with van der Waals surface area (Å²) < 4.78 is 10.0. The first-order chi connectivity index (χ1) is 11.7. The number of rotatable bonds is 1. The Morgan fingerprint density at radius 1 is 0.708 bits per heavy atom. The fourth-order valence-electron chi connectivity index (χ4n) is 3.12. The van der Waals surface area contributed by atoms with Crippen molar-refractivity contribution in [3.05, 3.63) is 69.8 Å². The predicted molar refractivity (Wildman–Crippen MR) is 110 cm³/mol. The number of fused-ring (bicyclic) bond motifs is 4. The average molecular weight is 458 g/mol. The molecule has 116 valence electrons. The maximum Gasteiger partial charge on any atom is 0.184 e. The van der Waals surface area contributed by atoms with E-state index in [1.54, 1.807) is 0 Å². The van der Waals surface area contributed by atoms with Crippen molar-refractivity contribution in [2.45, 2.75) is 0 Å². The lowest BCUT2D eigenvalue weighted by atomic mass is 10.0. The molecule has 4 heteroatoms. The van der Waals surface area contributed by atoms with Gasteiger partial charge >= 0.3 is 0 Å². The van der Waals surface area contributed by atoms with Gasteiger partial charge in [0.2, 0.25) is 0 Å². The summed E-state index contributed by atoms with van der Waals surface area (Å²) in [6.07, 6.45) is 0. The van der Waals surface area contributed by atoms with Crippen LogP contribution >= 0.6 is 43.2 Å². The molecular weight excluding hydrogens is 448 g/mol. The number of benzene rings is 3. The molecule has 0 saturated carbocycles. The number of halogens is 2. The van der Waals surface area contributed by atoms with Crippen LogP contribution in [0.5, 0.6) is 0 Å². The van der Waals surface area contributed by atoms with Crippen LogP contribution in [0.1, 0.15) is 0 Å². The molecule has 0 N–H and O–H groups in total. The second-order valence-corrected chi connectivity index (χ2v) is 8.31. The van der Waals surface area contributed by atoms with Crippen LogP contribution in [-0.4, -0.2) is 0 Å². The average Bonchev–Trinajstić information content (AvgIpc) is 3.12. The first kappa shape index (κ1) is 14.7. The van der Waals surface area contributed by atoms with E-state index in [0.717, 1.165) is 20.1 Å². The fraction of sp³-hybridized carbons (Fsp3) is 0. The topological polar surface area (TPSA) is 13.1 Å². The van der Waals surface area contributed by atoms with Crippen LogP contribution in [0, 0.1) is 0 Å². The standard InChI is InChI=1S/C20H10Br2OS/c21-19-15-10-11(5-7-16(15)23-20(19)22)12-6-8-18-14(9-12)13-3-1-2-4-17(13)24-18/h1-10H. The van der Waals surface area contributed by atoms with Gasteiger partial charge in [-0.15, -0.1) is 11.3 Å². The SMILES string of the molecule is Brc1oc2ccc(-c3ccc4sc5ccccc5c4c3)cc2c1Br. The molecule has 2 heterocycles. The highest BCUT2D eigenvalue weighted by Gasteiger charge is 2.12. The predicted octanol–water partition coefficient (Wildman–Crippen LogP) is 7.99. The van der Waals surface area contributed by atoms with Gasteiger partial charge in [0.25, 0.3) is 0 Å². The maximum absolute atomic E-state index is 5.68. The molecule has 0 aliphatic carbocycles. The van der Waals surface area contributed by atoms with Crippen LogP contribution in [0.2, 0.25) is 0 Å². The summed E-state index contributed by atoms with van der Waals surface area (Å²) in [6, 6.07) is 21.6. The zero-order valence-corrected chi connectivity index (χ0v) is 16.3. The second kappa shape index (κ2) is 5.45. The van der Waals surface area contributed by atoms with Crippen molar-refractivity contribution in [1.82, 2.24) is 0 Å². The van der Waals surface area contributed by atoms with E-state index in [-0.39, 0.29) is 0 Å². The van der Waals surface area contributed by atoms with Crippen molar-refractivity contribution in [2.24, 2.45) is 0 Å². The lowest BCUT2D eigenvalue weighted by Gasteiger charge is -2.03. The molecule has 5 aromatic rings. The molecule has 0 spiro atoms. The van der Waals surface area contributed by atoms with E-state index in [0.29, 0.717) is 0 Å². The van der Waals surface area contributed by atoms with Crippen molar-refractivity contribution in [2.75, 3.05) is 0 Å². The van der Waals surface area contributed by atoms with E-state index < -0.39 is 0 Å². The van der Waals surface area contributed by atoms with Gasteiger partial charge < -0.3 is 4.42 Å². The third-order valence-electron chi connectivity index (χ3n) is 4.30. The molecule has 0 unspecified atom stereocenters. The van der Waals surface area contributed by atoms with E-state index in [1.165, 1.54) is 31.3 Å². The third kappa shape index (κ3) is 2.17.